The van der Waals surface area contributed by atoms with E-state index in [2.05, 4.69) is 15.3 Å². The van der Waals surface area contributed by atoms with E-state index in [4.69, 9.17) is 5.73 Å². The number of hydrogen-bond donors (Lipinski definition) is 2. The summed E-state index contributed by atoms with van der Waals surface area (Å²) >= 11 is 1.60. The van der Waals surface area contributed by atoms with Gasteiger partial charge >= 0.3 is 6.18 Å². The van der Waals surface area contributed by atoms with Gasteiger partial charge in [-0.15, -0.1) is 11.3 Å². The van der Waals surface area contributed by atoms with Gasteiger partial charge in [-0.05, 0) is 29.6 Å². The number of rotatable bonds is 3. The van der Waals surface area contributed by atoms with Gasteiger partial charge in [-0.3, -0.25) is 14.8 Å². The lowest BCUT2D eigenvalue weighted by atomic mass is 10.1. The Bertz CT molecular complexity index is 1070. The number of halogens is 3. The average Bonchev–Trinajstić information content (AvgIpc) is 3.20. The summed E-state index contributed by atoms with van der Waals surface area (Å²) in [6.45, 7) is 0. The van der Waals surface area contributed by atoms with Gasteiger partial charge in [-0.2, -0.15) is 13.2 Å². The summed E-state index contributed by atoms with van der Waals surface area (Å²) in [4.78, 5) is 21.5. The first kappa shape index (κ1) is 19.6. The first-order chi connectivity index (χ1) is 13.3. The molecule has 0 bridgehead atoms. The van der Waals surface area contributed by atoms with Crippen molar-refractivity contribution in [2.75, 3.05) is 7.05 Å². The minimum atomic E-state index is -4.70. The molecule has 0 aliphatic heterocycles. The quantitative estimate of drug-likeness (QED) is 0.509. The maximum Gasteiger partial charge on any atom is 0.430 e. The van der Waals surface area contributed by atoms with Crippen molar-refractivity contribution in [2.45, 2.75) is 6.18 Å². The van der Waals surface area contributed by atoms with Crippen LogP contribution in [-0.4, -0.2) is 30.0 Å². The molecule has 0 saturated heterocycles. The third-order valence-electron chi connectivity index (χ3n) is 3.85. The van der Waals surface area contributed by atoms with E-state index in [1.54, 1.807) is 35.7 Å². The van der Waals surface area contributed by atoms with Crippen LogP contribution >= 0.6 is 11.3 Å². The van der Waals surface area contributed by atoms with Crippen molar-refractivity contribution in [3.05, 3.63) is 65.3 Å². The Labute approximate surface area is 162 Å². The number of amidine groups is 1. The smallest absolute Gasteiger partial charge is 0.395 e. The van der Waals surface area contributed by atoms with Gasteiger partial charge in [0.2, 0.25) is 0 Å². The molecule has 144 valence electrons. The van der Waals surface area contributed by atoms with Crippen LogP contribution in [0.25, 0.3) is 21.3 Å². The Morgan fingerprint density at radius 2 is 2.07 bits per heavy atom. The SMILES string of the molecule is CN=C(/C=C(\N)C(F)(F)F)NC(=O)c1ccc2cc(-c3cccs3)cnc2c1. The van der Waals surface area contributed by atoms with Crippen LogP contribution in [0.3, 0.4) is 0 Å². The first-order valence-electron chi connectivity index (χ1n) is 8.04. The summed E-state index contributed by atoms with van der Waals surface area (Å²) in [6, 6.07) is 10.8. The van der Waals surface area contributed by atoms with E-state index >= 15 is 0 Å². The number of nitrogens with zero attached hydrogens (tertiary/aromatic N) is 2. The number of fused-ring (bicyclic) bond motifs is 1. The molecule has 3 rings (SSSR count). The number of carbonyl (C=O) groups is 1. The standard InChI is InChI=1S/C19H15F3N4OS/c1-24-17(9-16(23)19(20,21)22)26-18(27)12-5-4-11-7-13(10-25-14(11)8-12)15-3-2-6-28-15/h2-10H,23H2,1H3,(H,24,26,27)/b16-9-. The molecule has 0 saturated carbocycles. The number of pyridine rings is 1. The first-order valence-corrected chi connectivity index (χ1v) is 8.92. The number of nitrogens with two attached hydrogens (primary N) is 1. The van der Waals surface area contributed by atoms with Gasteiger partial charge in [-0.25, -0.2) is 0 Å². The van der Waals surface area contributed by atoms with E-state index in [0.717, 1.165) is 15.8 Å². The molecule has 0 atom stereocenters. The Balaban J connectivity index is 1.83. The number of benzene rings is 1. The summed E-state index contributed by atoms with van der Waals surface area (Å²) in [5.41, 5.74) is 5.41. The van der Waals surface area contributed by atoms with Crippen LogP contribution in [0.4, 0.5) is 13.2 Å². The number of nitrogens with one attached hydrogen (secondary N) is 1. The topological polar surface area (TPSA) is 80.4 Å². The van der Waals surface area contributed by atoms with E-state index < -0.39 is 17.8 Å². The normalized spacial score (nSPS) is 13.0. The molecule has 5 nitrogen and oxygen atoms in total. The van der Waals surface area contributed by atoms with E-state index in [0.29, 0.717) is 11.6 Å². The lowest BCUT2D eigenvalue weighted by Crippen LogP contribution is -2.31. The third-order valence-corrected chi connectivity index (χ3v) is 4.77. The van der Waals surface area contributed by atoms with Crippen LogP contribution in [-0.2, 0) is 0 Å². The molecule has 0 aliphatic carbocycles. The average molecular weight is 404 g/mol. The number of carbonyl (C=O) groups excluding carboxylic acids is 1. The van der Waals surface area contributed by atoms with Gasteiger partial charge in [0.1, 0.15) is 11.5 Å². The van der Waals surface area contributed by atoms with Crippen molar-refractivity contribution in [1.82, 2.24) is 10.3 Å². The van der Waals surface area contributed by atoms with Crippen molar-refractivity contribution >= 4 is 34.0 Å². The molecular weight excluding hydrogens is 389 g/mol. The van der Waals surface area contributed by atoms with Crippen molar-refractivity contribution < 1.29 is 18.0 Å². The summed E-state index contributed by atoms with van der Waals surface area (Å²) < 4.78 is 37.6. The van der Waals surface area contributed by atoms with Crippen LogP contribution in [0.5, 0.6) is 0 Å². The molecule has 0 spiro atoms. The highest BCUT2D eigenvalue weighted by atomic mass is 32.1. The zero-order valence-electron chi connectivity index (χ0n) is 14.6. The summed E-state index contributed by atoms with van der Waals surface area (Å²) in [5.74, 6) is -0.904. The molecule has 2 heterocycles. The largest absolute Gasteiger partial charge is 0.430 e. The molecule has 1 aromatic carbocycles. The fraction of sp³-hybridized carbons (Fsp3) is 0.105. The molecule has 2 aromatic heterocycles. The Kier molecular flexibility index (Phi) is 5.46. The molecule has 0 fully saturated rings. The molecule has 3 N–H and O–H groups in total. The molecular formula is C19H15F3N4OS. The van der Waals surface area contributed by atoms with Gasteiger partial charge in [-0.1, -0.05) is 12.1 Å². The van der Waals surface area contributed by atoms with Gasteiger partial charge in [0.25, 0.3) is 5.91 Å². The number of thiophene rings is 1. The fourth-order valence-electron chi connectivity index (χ4n) is 2.41. The van der Waals surface area contributed by atoms with E-state index in [1.807, 2.05) is 23.6 Å². The van der Waals surface area contributed by atoms with Crippen LogP contribution in [0, 0.1) is 0 Å². The van der Waals surface area contributed by atoms with Crippen molar-refractivity contribution in [3.63, 3.8) is 0 Å². The van der Waals surface area contributed by atoms with E-state index in [-0.39, 0.29) is 11.4 Å². The van der Waals surface area contributed by atoms with Crippen LogP contribution in [0.15, 0.2) is 64.7 Å². The van der Waals surface area contributed by atoms with Gasteiger partial charge in [0.15, 0.2) is 0 Å². The van der Waals surface area contributed by atoms with Crippen LogP contribution in [0.2, 0.25) is 0 Å². The van der Waals surface area contributed by atoms with Crippen molar-refractivity contribution in [1.29, 1.82) is 0 Å². The fourth-order valence-corrected chi connectivity index (χ4v) is 3.12. The molecule has 0 radical (unpaired) electrons. The maximum atomic E-state index is 12.5. The van der Waals surface area contributed by atoms with Gasteiger partial charge in [0.05, 0.1) is 5.52 Å². The number of amides is 1. The maximum absolute atomic E-state index is 12.5. The lowest BCUT2D eigenvalue weighted by Gasteiger charge is -2.09. The molecule has 3 aromatic rings. The number of aliphatic imine (C=N–C) groups is 1. The highest BCUT2D eigenvalue weighted by Crippen LogP contribution is 2.27. The lowest BCUT2D eigenvalue weighted by molar-refractivity contribution is -0.0925. The molecule has 0 aliphatic rings. The summed E-state index contributed by atoms with van der Waals surface area (Å²) in [7, 11) is 1.25. The minimum absolute atomic E-state index is 0.240. The predicted octanol–water partition coefficient (Wildman–Crippen LogP) is 4.13. The van der Waals surface area contributed by atoms with E-state index in [1.165, 1.54) is 7.05 Å². The zero-order valence-corrected chi connectivity index (χ0v) is 15.4. The van der Waals surface area contributed by atoms with Crippen LogP contribution < -0.4 is 11.1 Å². The van der Waals surface area contributed by atoms with Crippen LogP contribution in [0.1, 0.15) is 10.4 Å². The third kappa shape index (κ3) is 4.37. The highest BCUT2D eigenvalue weighted by molar-refractivity contribution is 7.13. The van der Waals surface area contributed by atoms with Crippen molar-refractivity contribution in [2.24, 2.45) is 10.7 Å². The molecule has 28 heavy (non-hydrogen) atoms. The Morgan fingerprint density at radius 1 is 1.29 bits per heavy atom. The monoisotopic (exact) mass is 404 g/mol. The number of aromatic nitrogens is 1. The second-order valence-electron chi connectivity index (χ2n) is 5.77. The summed E-state index contributed by atoms with van der Waals surface area (Å²) in [5, 5.41) is 5.13. The van der Waals surface area contributed by atoms with Crippen molar-refractivity contribution in [3.8, 4) is 10.4 Å². The predicted molar refractivity (Wildman–Crippen MR) is 104 cm³/mol. The molecule has 0 unspecified atom stereocenters. The Morgan fingerprint density at radius 3 is 2.71 bits per heavy atom. The summed E-state index contributed by atoms with van der Waals surface area (Å²) in [6.07, 6.45) is -2.42. The zero-order chi connectivity index (χ0) is 20.3. The number of allylic oxidation sites excluding steroid dienone is 1. The second-order valence-corrected chi connectivity index (χ2v) is 6.72. The molecule has 9 heteroatoms. The number of hydrogen-bond acceptors (Lipinski definition) is 5. The highest BCUT2D eigenvalue weighted by Gasteiger charge is 2.31. The van der Waals surface area contributed by atoms with Gasteiger partial charge < -0.3 is 11.1 Å². The van der Waals surface area contributed by atoms with Gasteiger partial charge in [0, 0.05) is 40.7 Å². The molecule has 1 amide bonds. The Hall–Kier alpha value is -3.20. The number of alkyl halides is 3. The minimum Gasteiger partial charge on any atom is -0.395 e. The van der Waals surface area contributed by atoms with E-state index in [9.17, 15) is 18.0 Å². The second kappa shape index (κ2) is 7.81.